The zero-order valence-electron chi connectivity index (χ0n) is 8.23. The molecule has 0 radical (unpaired) electrons. The Balaban J connectivity index is 0.000000671. The number of aldehydes is 1. The molecular weight excluding hydrogens is 162 g/mol. The summed E-state index contributed by atoms with van der Waals surface area (Å²) in [7, 11) is 1.50. The van der Waals surface area contributed by atoms with Crippen molar-refractivity contribution >= 4 is 6.29 Å². The predicted octanol–water partition coefficient (Wildman–Crippen LogP) is 1.64. The quantitative estimate of drug-likeness (QED) is 0.717. The van der Waals surface area contributed by atoms with Gasteiger partial charge in [0, 0.05) is 5.92 Å². The van der Waals surface area contributed by atoms with E-state index in [1.165, 1.54) is 12.6 Å². The lowest BCUT2D eigenvalue weighted by Gasteiger charge is -2.01. The molecule has 1 atom stereocenters. The lowest BCUT2D eigenvalue weighted by atomic mass is 10.0. The molecule has 0 unspecified atom stereocenters. The molecule has 0 aliphatic carbocycles. The fourth-order valence-electron chi connectivity index (χ4n) is 1.03. The van der Waals surface area contributed by atoms with Gasteiger partial charge in [0.2, 0.25) is 0 Å². The number of rotatable bonds is 3. The summed E-state index contributed by atoms with van der Waals surface area (Å²) in [6, 6.07) is 10.1. The molecule has 0 heterocycles. The Kier molecular flexibility index (Phi) is 6.83. The van der Waals surface area contributed by atoms with Crippen LogP contribution in [0.25, 0.3) is 0 Å². The zero-order chi connectivity index (χ0) is 10.1. The Morgan fingerprint density at radius 2 is 1.85 bits per heavy atom. The van der Waals surface area contributed by atoms with Crippen molar-refractivity contribution in [3.8, 4) is 0 Å². The minimum atomic E-state index is 0.136. The van der Waals surface area contributed by atoms with Crippen LogP contribution in [0.2, 0.25) is 0 Å². The molecule has 2 heteroatoms. The molecule has 0 saturated heterocycles. The van der Waals surface area contributed by atoms with Crippen LogP contribution in [0.5, 0.6) is 0 Å². The van der Waals surface area contributed by atoms with Crippen molar-refractivity contribution in [2.45, 2.75) is 13.3 Å². The number of hydrogen-bond donors (Lipinski definition) is 1. The van der Waals surface area contributed by atoms with Crippen molar-refractivity contribution in [3.63, 3.8) is 0 Å². The highest BCUT2D eigenvalue weighted by atomic mass is 16.1. The van der Waals surface area contributed by atoms with Gasteiger partial charge in [0.15, 0.2) is 0 Å². The van der Waals surface area contributed by atoms with Crippen molar-refractivity contribution in [1.82, 2.24) is 0 Å². The molecule has 72 valence electrons. The van der Waals surface area contributed by atoms with E-state index in [-0.39, 0.29) is 5.92 Å². The van der Waals surface area contributed by atoms with Gasteiger partial charge in [-0.25, -0.2) is 0 Å². The van der Waals surface area contributed by atoms with Gasteiger partial charge in [-0.05, 0) is 19.0 Å². The summed E-state index contributed by atoms with van der Waals surface area (Å²) in [5.74, 6) is 0.136. The average Bonchev–Trinajstić information content (AvgIpc) is 2.22. The number of hydrogen-bond acceptors (Lipinski definition) is 2. The van der Waals surface area contributed by atoms with Gasteiger partial charge in [0.1, 0.15) is 6.29 Å². The highest BCUT2D eigenvalue weighted by Crippen LogP contribution is 2.05. The molecule has 0 aliphatic rings. The third-order valence-corrected chi connectivity index (χ3v) is 1.63. The Bertz CT molecular complexity index is 221. The molecule has 0 saturated carbocycles. The molecular formula is C11H17NO. The van der Waals surface area contributed by atoms with Gasteiger partial charge < -0.3 is 10.5 Å². The van der Waals surface area contributed by atoms with Crippen LogP contribution < -0.4 is 5.73 Å². The summed E-state index contributed by atoms with van der Waals surface area (Å²) in [5.41, 5.74) is 5.73. The van der Waals surface area contributed by atoms with Crippen LogP contribution in [-0.4, -0.2) is 13.3 Å². The summed E-state index contributed by atoms with van der Waals surface area (Å²) in [5, 5.41) is 0. The first-order chi connectivity index (χ1) is 6.33. The van der Waals surface area contributed by atoms with E-state index >= 15 is 0 Å². The monoisotopic (exact) mass is 179 g/mol. The minimum absolute atomic E-state index is 0.136. The van der Waals surface area contributed by atoms with Crippen LogP contribution in [0.15, 0.2) is 30.3 Å². The molecule has 1 aromatic rings. The maximum Gasteiger partial charge on any atom is 0.123 e. The van der Waals surface area contributed by atoms with E-state index in [9.17, 15) is 4.79 Å². The average molecular weight is 179 g/mol. The lowest BCUT2D eigenvalue weighted by Crippen LogP contribution is -1.99. The molecule has 13 heavy (non-hydrogen) atoms. The van der Waals surface area contributed by atoms with Crippen LogP contribution >= 0.6 is 0 Å². The Hall–Kier alpha value is -1.15. The molecule has 1 rings (SSSR count). The summed E-state index contributed by atoms with van der Waals surface area (Å²) < 4.78 is 0. The van der Waals surface area contributed by atoms with Gasteiger partial charge in [0.25, 0.3) is 0 Å². The predicted molar refractivity (Wildman–Crippen MR) is 55.5 cm³/mol. The van der Waals surface area contributed by atoms with E-state index in [0.29, 0.717) is 0 Å². The molecule has 1 aromatic carbocycles. The largest absolute Gasteiger partial charge is 0.333 e. The number of carbonyl (C=O) groups excluding carboxylic acids is 1. The van der Waals surface area contributed by atoms with Crippen molar-refractivity contribution < 1.29 is 4.79 Å². The van der Waals surface area contributed by atoms with Gasteiger partial charge in [-0.15, -0.1) is 0 Å². The molecule has 2 nitrogen and oxygen atoms in total. The third-order valence-electron chi connectivity index (χ3n) is 1.63. The normalized spacial score (nSPS) is 11.0. The van der Waals surface area contributed by atoms with Crippen LogP contribution in [0.1, 0.15) is 12.5 Å². The van der Waals surface area contributed by atoms with E-state index in [1.807, 2.05) is 37.3 Å². The van der Waals surface area contributed by atoms with Gasteiger partial charge in [-0.3, -0.25) is 0 Å². The smallest absolute Gasteiger partial charge is 0.123 e. The van der Waals surface area contributed by atoms with E-state index in [1.54, 1.807) is 0 Å². The Morgan fingerprint density at radius 1 is 1.31 bits per heavy atom. The van der Waals surface area contributed by atoms with Crippen molar-refractivity contribution in [3.05, 3.63) is 35.9 Å². The number of benzene rings is 1. The maximum atomic E-state index is 10.3. The second-order valence-electron chi connectivity index (χ2n) is 2.80. The fourth-order valence-corrected chi connectivity index (χ4v) is 1.03. The molecule has 0 aromatic heterocycles. The van der Waals surface area contributed by atoms with Gasteiger partial charge >= 0.3 is 0 Å². The first-order valence-electron chi connectivity index (χ1n) is 4.40. The standard InChI is InChI=1S/C10H12O.CH5N/c1-9(8-11)7-10-5-3-2-4-6-10;1-2/h2-6,8-9H,7H2,1H3;2H2,1H3/t9-;/m0./s1. The van der Waals surface area contributed by atoms with Crippen molar-refractivity contribution in [2.75, 3.05) is 7.05 Å². The van der Waals surface area contributed by atoms with Gasteiger partial charge in [-0.2, -0.15) is 0 Å². The number of nitrogens with two attached hydrogens (primary N) is 1. The summed E-state index contributed by atoms with van der Waals surface area (Å²) >= 11 is 0. The first kappa shape index (κ1) is 11.8. The molecule has 0 fully saturated rings. The molecule has 0 amide bonds. The SMILES string of the molecule is CN.C[C@H](C=O)Cc1ccccc1. The van der Waals surface area contributed by atoms with Crippen LogP contribution in [0, 0.1) is 5.92 Å². The third kappa shape index (κ3) is 5.15. The van der Waals surface area contributed by atoms with E-state index in [2.05, 4.69) is 5.73 Å². The molecule has 2 N–H and O–H groups in total. The highest BCUT2D eigenvalue weighted by Gasteiger charge is 1.99. The van der Waals surface area contributed by atoms with Gasteiger partial charge in [-0.1, -0.05) is 37.3 Å². The van der Waals surface area contributed by atoms with Crippen LogP contribution in [0.3, 0.4) is 0 Å². The summed E-state index contributed by atoms with van der Waals surface area (Å²) in [4.78, 5) is 10.3. The van der Waals surface area contributed by atoms with E-state index < -0.39 is 0 Å². The maximum absolute atomic E-state index is 10.3. The number of carbonyl (C=O) groups is 1. The lowest BCUT2D eigenvalue weighted by molar-refractivity contribution is -0.110. The van der Waals surface area contributed by atoms with Crippen LogP contribution in [-0.2, 0) is 11.2 Å². The summed E-state index contributed by atoms with van der Waals surface area (Å²) in [6.07, 6.45) is 1.84. The topological polar surface area (TPSA) is 43.1 Å². The fraction of sp³-hybridized carbons (Fsp3) is 0.364. The zero-order valence-corrected chi connectivity index (χ0v) is 8.23. The molecule has 0 bridgehead atoms. The van der Waals surface area contributed by atoms with E-state index in [0.717, 1.165) is 12.7 Å². The highest BCUT2D eigenvalue weighted by molar-refractivity contribution is 5.53. The Morgan fingerprint density at radius 3 is 2.31 bits per heavy atom. The minimum Gasteiger partial charge on any atom is -0.333 e. The Labute approximate surface area is 79.8 Å². The van der Waals surface area contributed by atoms with E-state index in [4.69, 9.17) is 0 Å². The van der Waals surface area contributed by atoms with Gasteiger partial charge in [0.05, 0.1) is 0 Å². The second kappa shape index (κ2) is 7.50. The first-order valence-corrected chi connectivity index (χ1v) is 4.40. The molecule has 0 spiro atoms. The van der Waals surface area contributed by atoms with Crippen LogP contribution in [0.4, 0.5) is 0 Å². The van der Waals surface area contributed by atoms with Crippen molar-refractivity contribution in [1.29, 1.82) is 0 Å². The second-order valence-corrected chi connectivity index (χ2v) is 2.80. The summed E-state index contributed by atoms with van der Waals surface area (Å²) in [6.45, 7) is 1.93. The van der Waals surface area contributed by atoms with Crippen molar-refractivity contribution in [2.24, 2.45) is 11.7 Å². The molecule has 0 aliphatic heterocycles.